The molecule has 0 spiro atoms. The van der Waals surface area contributed by atoms with E-state index in [9.17, 15) is 4.79 Å². The van der Waals surface area contributed by atoms with Gasteiger partial charge < -0.3 is 19.5 Å². The van der Waals surface area contributed by atoms with Crippen LogP contribution in [0.25, 0.3) is 0 Å². The Balaban J connectivity index is 1.38. The molecule has 1 N–H and O–H groups in total. The number of carbonyl (C=O) groups is 1. The van der Waals surface area contributed by atoms with E-state index in [2.05, 4.69) is 5.32 Å². The summed E-state index contributed by atoms with van der Waals surface area (Å²) >= 11 is 7.18. The average molecular weight is 374 g/mol. The van der Waals surface area contributed by atoms with Crippen molar-refractivity contribution in [3.8, 4) is 0 Å². The van der Waals surface area contributed by atoms with Crippen LogP contribution in [-0.2, 0) is 14.2 Å². The van der Waals surface area contributed by atoms with E-state index in [1.54, 1.807) is 12.1 Å². The number of halogens is 1. The van der Waals surface area contributed by atoms with E-state index < -0.39 is 0 Å². The third-order valence-corrected chi connectivity index (χ3v) is 5.65. The Morgan fingerprint density at radius 1 is 1.21 bits per heavy atom. The normalized spacial score (nSPS) is 27.3. The first-order valence-corrected chi connectivity index (χ1v) is 9.83. The number of amides is 1. The van der Waals surface area contributed by atoms with Crippen molar-refractivity contribution in [2.75, 3.05) is 19.8 Å². The minimum Gasteiger partial charge on any atom is -0.374 e. The number of rotatable bonds is 7. The van der Waals surface area contributed by atoms with Gasteiger partial charge in [-0.1, -0.05) is 11.6 Å². The van der Waals surface area contributed by atoms with Crippen molar-refractivity contribution >= 4 is 28.8 Å². The van der Waals surface area contributed by atoms with Gasteiger partial charge in [-0.25, -0.2) is 0 Å². The van der Waals surface area contributed by atoms with E-state index in [1.165, 1.54) is 11.3 Å². The lowest BCUT2D eigenvalue weighted by Gasteiger charge is -2.24. The van der Waals surface area contributed by atoms with Crippen LogP contribution in [0.15, 0.2) is 12.1 Å². The molecule has 1 saturated carbocycles. The zero-order valence-electron chi connectivity index (χ0n) is 13.7. The molecule has 0 bridgehead atoms. The molecular weight excluding hydrogens is 350 g/mol. The monoisotopic (exact) mass is 373 g/mol. The van der Waals surface area contributed by atoms with Gasteiger partial charge in [0.05, 0.1) is 34.6 Å². The Morgan fingerprint density at radius 2 is 2.08 bits per heavy atom. The maximum atomic E-state index is 12.2. The van der Waals surface area contributed by atoms with Crippen LogP contribution in [0.1, 0.15) is 48.2 Å². The van der Waals surface area contributed by atoms with Gasteiger partial charge in [-0.05, 0) is 50.7 Å². The second-order valence-corrected chi connectivity index (χ2v) is 7.91. The SMILES string of the molecule is O=C(N[C@H]1CCC[C@@H]1OCCOC1CCCCO1)c1ccc(Cl)s1. The largest absolute Gasteiger partial charge is 0.374 e. The quantitative estimate of drug-likeness (QED) is 0.742. The Bertz CT molecular complexity index is 532. The molecule has 0 aromatic carbocycles. The summed E-state index contributed by atoms with van der Waals surface area (Å²) in [4.78, 5) is 12.9. The maximum Gasteiger partial charge on any atom is 0.261 e. The zero-order chi connectivity index (χ0) is 16.8. The highest BCUT2D eigenvalue weighted by molar-refractivity contribution is 7.17. The average Bonchev–Trinajstić information content (AvgIpc) is 3.22. The fourth-order valence-electron chi connectivity index (χ4n) is 3.19. The highest BCUT2D eigenvalue weighted by Crippen LogP contribution is 2.25. The van der Waals surface area contributed by atoms with E-state index >= 15 is 0 Å². The van der Waals surface area contributed by atoms with E-state index in [1.807, 2.05) is 0 Å². The molecule has 2 fully saturated rings. The predicted octanol–water partition coefficient (Wildman–Crippen LogP) is 3.61. The van der Waals surface area contributed by atoms with Gasteiger partial charge in [0.1, 0.15) is 0 Å². The Morgan fingerprint density at radius 3 is 2.83 bits per heavy atom. The summed E-state index contributed by atoms with van der Waals surface area (Å²) in [5, 5.41) is 3.07. The van der Waals surface area contributed by atoms with Crippen molar-refractivity contribution in [3.63, 3.8) is 0 Å². The summed E-state index contributed by atoms with van der Waals surface area (Å²) in [6.45, 7) is 1.85. The molecule has 1 amide bonds. The molecule has 24 heavy (non-hydrogen) atoms. The minimum absolute atomic E-state index is 0.0558. The molecule has 2 heterocycles. The van der Waals surface area contributed by atoms with Crippen molar-refractivity contribution in [2.45, 2.75) is 57.0 Å². The number of thiophene rings is 1. The van der Waals surface area contributed by atoms with Gasteiger partial charge in [-0.15, -0.1) is 11.3 Å². The van der Waals surface area contributed by atoms with E-state index in [4.69, 9.17) is 25.8 Å². The second-order valence-electron chi connectivity index (χ2n) is 6.19. The van der Waals surface area contributed by atoms with Crippen LogP contribution in [-0.4, -0.2) is 44.2 Å². The van der Waals surface area contributed by atoms with Crippen molar-refractivity contribution in [2.24, 2.45) is 0 Å². The molecule has 1 aromatic heterocycles. The topological polar surface area (TPSA) is 56.8 Å². The molecule has 3 atom stereocenters. The lowest BCUT2D eigenvalue weighted by Crippen LogP contribution is -2.41. The maximum absolute atomic E-state index is 12.2. The summed E-state index contributed by atoms with van der Waals surface area (Å²) in [5.41, 5.74) is 0. The summed E-state index contributed by atoms with van der Waals surface area (Å²) in [6, 6.07) is 3.56. The number of ether oxygens (including phenoxy) is 3. The van der Waals surface area contributed by atoms with Crippen molar-refractivity contribution in [3.05, 3.63) is 21.3 Å². The van der Waals surface area contributed by atoms with Crippen molar-refractivity contribution in [1.82, 2.24) is 5.32 Å². The molecule has 1 saturated heterocycles. The van der Waals surface area contributed by atoms with Crippen LogP contribution < -0.4 is 5.32 Å². The number of nitrogens with one attached hydrogen (secondary N) is 1. The first kappa shape index (κ1) is 18.1. The summed E-state index contributed by atoms with van der Waals surface area (Å²) in [6.07, 6.45) is 6.20. The Kier molecular flexibility index (Phi) is 6.92. The minimum atomic E-state index is -0.0787. The Labute approximate surface area is 151 Å². The highest BCUT2D eigenvalue weighted by Gasteiger charge is 2.30. The lowest BCUT2D eigenvalue weighted by atomic mass is 10.2. The van der Waals surface area contributed by atoms with Crippen LogP contribution in [0.4, 0.5) is 0 Å². The van der Waals surface area contributed by atoms with Crippen LogP contribution in [0.2, 0.25) is 4.34 Å². The van der Waals surface area contributed by atoms with E-state index in [-0.39, 0.29) is 24.3 Å². The zero-order valence-corrected chi connectivity index (χ0v) is 15.2. The molecule has 1 unspecified atom stereocenters. The molecular formula is C17H24ClNO4S. The van der Waals surface area contributed by atoms with Gasteiger partial charge in [-0.3, -0.25) is 4.79 Å². The van der Waals surface area contributed by atoms with Gasteiger partial charge in [0.25, 0.3) is 5.91 Å². The first-order chi connectivity index (χ1) is 11.7. The van der Waals surface area contributed by atoms with E-state index in [0.717, 1.165) is 45.1 Å². The Hall–Kier alpha value is -0.660. The number of hydrogen-bond donors (Lipinski definition) is 1. The smallest absolute Gasteiger partial charge is 0.261 e. The third-order valence-electron chi connectivity index (χ3n) is 4.42. The molecule has 5 nitrogen and oxygen atoms in total. The fraction of sp³-hybridized carbons (Fsp3) is 0.706. The number of hydrogen-bond acceptors (Lipinski definition) is 5. The third kappa shape index (κ3) is 5.17. The molecule has 1 aliphatic carbocycles. The van der Waals surface area contributed by atoms with Crippen molar-refractivity contribution < 1.29 is 19.0 Å². The van der Waals surface area contributed by atoms with Crippen LogP contribution in [0.3, 0.4) is 0 Å². The summed E-state index contributed by atoms with van der Waals surface area (Å²) in [7, 11) is 0. The lowest BCUT2D eigenvalue weighted by molar-refractivity contribution is -0.171. The first-order valence-electron chi connectivity index (χ1n) is 8.63. The molecule has 2 aliphatic rings. The molecule has 3 rings (SSSR count). The van der Waals surface area contributed by atoms with E-state index in [0.29, 0.717) is 22.4 Å². The molecule has 1 aromatic rings. The molecule has 0 radical (unpaired) electrons. The standard InChI is InChI=1S/C17H24ClNO4S/c18-15-8-7-14(24-15)17(20)19-12-4-3-5-13(12)21-10-11-23-16-6-1-2-9-22-16/h7-8,12-13,16H,1-6,9-11H2,(H,19,20)/t12-,13-,16?/m0/s1. The van der Waals surface area contributed by atoms with Gasteiger partial charge in [0.2, 0.25) is 0 Å². The van der Waals surface area contributed by atoms with Gasteiger partial charge in [-0.2, -0.15) is 0 Å². The highest BCUT2D eigenvalue weighted by atomic mass is 35.5. The fourth-order valence-corrected chi connectivity index (χ4v) is 4.13. The number of carbonyl (C=O) groups excluding carboxylic acids is 1. The summed E-state index contributed by atoms with van der Waals surface area (Å²) < 4.78 is 17.8. The molecule has 1 aliphatic heterocycles. The van der Waals surface area contributed by atoms with Crippen LogP contribution >= 0.6 is 22.9 Å². The van der Waals surface area contributed by atoms with Crippen molar-refractivity contribution in [1.29, 1.82) is 0 Å². The molecule has 134 valence electrons. The van der Waals surface area contributed by atoms with Gasteiger partial charge in [0, 0.05) is 6.61 Å². The van der Waals surface area contributed by atoms with Gasteiger partial charge >= 0.3 is 0 Å². The molecule has 7 heteroatoms. The van der Waals surface area contributed by atoms with Crippen LogP contribution in [0.5, 0.6) is 0 Å². The predicted molar refractivity (Wildman–Crippen MR) is 93.7 cm³/mol. The second kappa shape index (κ2) is 9.15. The van der Waals surface area contributed by atoms with Crippen LogP contribution in [0, 0.1) is 0 Å². The summed E-state index contributed by atoms with van der Waals surface area (Å²) in [5.74, 6) is -0.0701. The van der Waals surface area contributed by atoms with Gasteiger partial charge in [0.15, 0.2) is 6.29 Å².